The van der Waals surface area contributed by atoms with E-state index in [1.807, 2.05) is 5.51 Å². The molecule has 1 saturated heterocycles. The first-order chi connectivity index (χ1) is 9.84. The van der Waals surface area contributed by atoms with Gasteiger partial charge in [-0.1, -0.05) is 12.8 Å². The first-order valence-electron chi connectivity index (χ1n) is 7.42. The standard InChI is InChI=1S/C15H22N4S/c16-14-12(5-6-13-15(14)18-11-20-13)17-7-10-19-8-3-1-2-4-9-19/h5-6,11,17H,1-4,7-10,16H2. The Morgan fingerprint density at radius 2 is 2.00 bits per heavy atom. The molecule has 0 unspecified atom stereocenters. The van der Waals surface area contributed by atoms with Crippen LogP contribution in [0.5, 0.6) is 0 Å². The van der Waals surface area contributed by atoms with Gasteiger partial charge in [-0.3, -0.25) is 0 Å². The molecular formula is C15H22N4S. The number of rotatable bonds is 4. The van der Waals surface area contributed by atoms with Gasteiger partial charge in [-0.05, 0) is 38.1 Å². The molecule has 20 heavy (non-hydrogen) atoms. The molecule has 5 heteroatoms. The first kappa shape index (κ1) is 13.6. The molecule has 0 amide bonds. The predicted molar refractivity (Wildman–Crippen MR) is 87.4 cm³/mol. The van der Waals surface area contributed by atoms with Crippen molar-refractivity contribution in [3.63, 3.8) is 0 Å². The lowest BCUT2D eigenvalue weighted by atomic mass is 10.2. The minimum absolute atomic E-state index is 0.777. The number of benzene rings is 1. The highest BCUT2D eigenvalue weighted by molar-refractivity contribution is 7.16. The molecule has 3 N–H and O–H groups in total. The van der Waals surface area contributed by atoms with Crippen molar-refractivity contribution in [1.82, 2.24) is 9.88 Å². The molecule has 1 aliphatic heterocycles. The van der Waals surface area contributed by atoms with E-state index in [9.17, 15) is 0 Å². The SMILES string of the molecule is Nc1c(NCCN2CCCCCC2)ccc2scnc12. The third kappa shape index (κ3) is 3.04. The summed E-state index contributed by atoms with van der Waals surface area (Å²) >= 11 is 1.63. The van der Waals surface area contributed by atoms with Crippen LogP contribution in [0.3, 0.4) is 0 Å². The van der Waals surface area contributed by atoms with Crippen molar-refractivity contribution >= 4 is 32.9 Å². The van der Waals surface area contributed by atoms with E-state index in [1.165, 1.54) is 38.8 Å². The highest BCUT2D eigenvalue weighted by Gasteiger charge is 2.09. The molecule has 0 bridgehead atoms. The van der Waals surface area contributed by atoms with E-state index in [1.54, 1.807) is 11.3 Å². The summed E-state index contributed by atoms with van der Waals surface area (Å²) in [7, 11) is 0. The highest BCUT2D eigenvalue weighted by Crippen LogP contribution is 2.29. The molecule has 4 nitrogen and oxygen atoms in total. The maximum absolute atomic E-state index is 6.18. The number of nitrogen functional groups attached to an aromatic ring is 1. The van der Waals surface area contributed by atoms with Crippen molar-refractivity contribution in [2.24, 2.45) is 0 Å². The Balaban J connectivity index is 1.57. The molecule has 0 spiro atoms. The van der Waals surface area contributed by atoms with Crippen molar-refractivity contribution in [2.45, 2.75) is 25.7 Å². The normalized spacial score (nSPS) is 17.2. The lowest BCUT2D eigenvalue weighted by Crippen LogP contribution is -2.30. The van der Waals surface area contributed by atoms with Crippen molar-refractivity contribution < 1.29 is 0 Å². The predicted octanol–water partition coefficient (Wildman–Crippen LogP) is 3.17. The summed E-state index contributed by atoms with van der Waals surface area (Å²) in [6, 6.07) is 4.16. The van der Waals surface area contributed by atoms with Gasteiger partial charge in [0.05, 0.1) is 21.6 Å². The van der Waals surface area contributed by atoms with Crippen LogP contribution in [0.4, 0.5) is 11.4 Å². The van der Waals surface area contributed by atoms with E-state index >= 15 is 0 Å². The smallest absolute Gasteiger partial charge is 0.106 e. The van der Waals surface area contributed by atoms with Gasteiger partial charge in [-0.15, -0.1) is 11.3 Å². The summed E-state index contributed by atoms with van der Waals surface area (Å²) in [5, 5.41) is 3.46. The lowest BCUT2D eigenvalue weighted by Gasteiger charge is -2.20. The van der Waals surface area contributed by atoms with Crippen LogP contribution >= 0.6 is 11.3 Å². The lowest BCUT2D eigenvalue weighted by molar-refractivity contribution is 0.296. The number of nitrogens with two attached hydrogens (primary N) is 1. The molecule has 2 aromatic rings. The van der Waals surface area contributed by atoms with Gasteiger partial charge in [0, 0.05) is 13.1 Å². The molecule has 1 aliphatic rings. The maximum Gasteiger partial charge on any atom is 0.106 e. The molecule has 1 aromatic carbocycles. The van der Waals surface area contributed by atoms with Crippen LogP contribution in [0.2, 0.25) is 0 Å². The summed E-state index contributed by atoms with van der Waals surface area (Å²) < 4.78 is 1.15. The zero-order chi connectivity index (χ0) is 13.8. The third-order valence-corrected chi connectivity index (χ3v) is 4.78. The fraction of sp³-hybridized carbons (Fsp3) is 0.533. The van der Waals surface area contributed by atoms with Gasteiger partial charge in [0.1, 0.15) is 5.52 Å². The van der Waals surface area contributed by atoms with E-state index < -0.39 is 0 Å². The average molecular weight is 290 g/mol. The van der Waals surface area contributed by atoms with Crippen LogP contribution in [0, 0.1) is 0 Å². The number of fused-ring (bicyclic) bond motifs is 1. The van der Waals surface area contributed by atoms with E-state index in [-0.39, 0.29) is 0 Å². The molecule has 108 valence electrons. The number of hydrogen-bond acceptors (Lipinski definition) is 5. The van der Waals surface area contributed by atoms with Crippen molar-refractivity contribution in [3.05, 3.63) is 17.6 Å². The topological polar surface area (TPSA) is 54.2 Å². The quantitative estimate of drug-likeness (QED) is 0.849. The summed E-state index contributed by atoms with van der Waals surface area (Å²) in [5.41, 5.74) is 10.7. The number of nitrogens with one attached hydrogen (secondary N) is 1. The Morgan fingerprint density at radius 3 is 2.80 bits per heavy atom. The maximum atomic E-state index is 6.18. The number of hydrogen-bond donors (Lipinski definition) is 2. The molecule has 3 rings (SSSR count). The molecular weight excluding hydrogens is 268 g/mol. The van der Waals surface area contributed by atoms with Gasteiger partial charge in [0.25, 0.3) is 0 Å². The molecule has 2 heterocycles. The molecule has 1 aromatic heterocycles. The van der Waals surface area contributed by atoms with Crippen molar-refractivity contribution in [1.29, 1.82) is 0 Å². The Morgan fingerprint density at radius 1 is 1.20 bits per heavy atom. The van der Waals surface area contributed by atoms with E-state index in [2.05, 4.69) is 27.3 Å². The molecule has 0 aliphatic carbocycles. The number of thiazole rings is 1. The highest BCUT2D eigenvalue weighted by atomic mass is 32.1. The van der Waals surface area contributed by atoms with Crippen LogP contribution in [-0.4, -0.2) is 36.1 Å². The zero-order valence-electron chi connectivity index (χ0n) is 11.8. The van der Waals surface area contributed by atoms with Gasteiger partial charge >= 0.3 is 0 Å². The Labute approximate surface area is 124 Å². The summed E-state index contributed by atoms with van der Waals surface area (Å²) in [5.74, 6) is 0. The second-order valence-corrected chi connectivity index (χ2v) is 6.29. The minimum atomic E-state index is 0.777. The molecule has 1 fully saturated rings. The summed E-state index contributed by atoms with van der Waals surface area (Å²) in [4.78, 5) is 6.89. The zero-order valence-corrected chi connectivity index (χ0v) is 12.6. The van der Waals surface area contributed by atoms with Gasteiger partial charge in [-0.25, -0.2) is 4.98 Å². The largest absolute Gasteiger partial charge is 0.395 e. The first-order valence-corrected chi connectivity index (χ1v) is 8.30. The van der Waals surface area contributed by atoms with E-state index in [0.29, 0.717) is 0 Å². The van der Waals surface area contributed by atoms with Crippen molar-refractivity contribution in [3.8, 4) is 0 Å². The van der Waals surface area contributed by atoms with Crippen LogP contribution in [-0.2, 0) is 0 Å². The number of anilines is 2. The van der Waals surface area contributed by atoms with Crippen LogP contribution in [0.1, 0.15) is 25.7 Å². The summed E-state index contributed by atoms with van der Waals surface area (Å²) in [6.45, 7) is 4.51. The fourth-order valence-corrected chi connectivity index (χ4v) is 3.51. The van der Waals surface area contributed by atoms with Gasteiger partial charge < -0.3 is 16.0 Å². The number of aromatic nitrogens is 1. The van der Waals surface area contributed by atoms with E-state index in [0.717, 1.165) is 34.7 Å². The third-order valence-electron chi connectivity index (χ3n) is 3.98. The average Bonchev–Trinajstić information content (AvgIpc) is 2.79. The molecule has 0 radical (unpaired) electrons. The van der Waals surface area contributed by atoms with Gasteiger partial charge in [-0.2, -0.15) is 0 Å². The monoisotopic (exact) mass is 290 g/mol. The van der Waals surface area contributed by atoms with Crippen LogP contribution in [0.25, 0.3) is 10.2 Å². The van der Waals surface area contributed by atoms with Gasteiger partial charge in [0.2, 0.25) is 0 Å². The minimum Gasteiger partial charge on any atom is -0.395 e. The molecule has 0 saturated carbocycles. The van der Waals surface area contributed by atoms with Gasteiger partial charge in [0.15, 0.2) is 0 Å². The Bertz CT molecular complexity index is 558. The van der Waals surface area contributed by atoms with Crippen molar-refractivity contribution in [2.75, 3.05) is 37.2 Å². The number of likely N-dealkylation sites (tertiary alicyclic amines) is 1. The summed E-state index contributed by atoms with van der Waals surface area (Å²) in [6.07, 6.45) is 5.45. The second kappa shape index (κ2) is 6.41. The van der Waals surface area contributed by atoms with Crippen LogP contribution in [0.15, 0.2) is 17.6 Å². The second-order valence-electron chi connectivity index (χ2n) is 5.41. The Kier molecular flexibility index (Phi) is 4.38. The van der Waals surface area contributed by atoms with Crippen LogP contribution < -0.4 is 11.1 Å². The number of nitrogens with zero attached hydrogens (tertiary/aromatic N) is 2. The Hall–Kier alpha value is -1.33. The fourth-order valence-electron chi connectivity index (χ4n) is 2.81. The van der Waals surface area contributed by atoms with E-state index in [4.69, 9.17) is 5.73 Å². The molecule has 0 atom stereocenters.